The van der Waals surface area contributed by atoms with Gasteiger partial charge in [-0.05, 0) is 38.8 Å². The summed E-state index contributed by atoms with van der Waals surface area (Å²) in [7, 11) is 0. The number of nitrogens with two attached hydrogens (primary N) is 1. The molecule has 4 nitrogen and oxygen atoms in total. The van der Waals surface area contributed by atoms with Crippen LogP contribution in [0.1, 0.15) is 33.3 Å². The van der Waals surface area contributed by atoms with Gasteiger partial charge >= 0.3 is 5.97 Å². The van der Waals surface area contributed by atoms with Gasteiger partial charge in [0, 0.05) is 0 Å². The summed E-state index contributed by atoms with van der Waals surface area (Å²) in [6.45, 7) is 9.53. The van der Waals surface area contributed by atoms with Gasteiger partial charge in [0.05, 0.1) is 0 Å². The molecule has 20 heavy (non-hydrogen) atoms. The summed E-state index contributed by atoms with van der Waals surface area (Å²) in [4.78, 5) is 11.7. The summed E-state index contributed by atoms with van der Waals surface area (Å²) < 4.78 is 11.3. The van der Waals surface area contributed by atoms with E-state index >= 15 is 0 Å². The van der Waals surface area contributed by atoms with Crippen molar-refractivity contribution in [2.24, 2.45) is 11.7 Å². The summed E-state index contributed by atoms with van der Waals surface area (Å²) in [5.41, 5.74) is 6.71. The summed E-state index contributed by atoms with van der Waals surface area (Å²) in [5, 5.41) is 0. The van der Waals surface area contributed by atoms with Gasteiger partial charge in [0.2, 0.25) is 0 Å². The van der Waals surface area contributed by atoms with Gasteiger partial charge < -0.3 is 15.2 Å². The highest BCUT2D eigenvalue weighted by Gasteiger charge is 2.27. The Hall–Kier alpha value is -1.55. The first-order valence-electron chi connectivity index (χ1n) is 7.00. The first-order valence-corrected chi connectivity index (χ1v) is 7.00. The molecule has 112 valence electrons. The third-order valence-electron chi connectivity index (χ3n) is 3.09. The number of aryl methyl sites for hydroxylation is 1. The van der Waals surface area contributed by atoms with Gasteiger partial charge in [-0.25, -0.2) is 0 Å². The SMILES string of the molecule is Cc1ccc(O[C@@H](C)C(OC(=O)[C@H](C)N)C(C)C)cc1. The van der Waals surface area contributed by atoms with Crippen molar-refractivity contribution in [1.29, 1.82) is 0 Å². The van der Waals surface area contributed by atoms with Crippen molar-refractivity contribution in [1.82, 2.24) is 0 Å². The number of carbonyl (C=O) groups excluding carboxylic acids is 1. The first kappa shape index (κ1) is 16.5. The first-order chi connectivity index (χ1) is 9.31. The molecule has 1 rings (SSSR count). The van der Waals surface area contributed by atoms with Crippen molar-refractivity contribution in [2.45, 2.75) is 52.9 Å². The summed E-state index contributed by atoms with van der Waals surface area (Å²) in [5.74, 6) is 0.520. The van der Waals surface area contributed by atoms with Crippen molar-refractivity contribution in [2.75, 3.05) is 0 Å². The van der Waals surface area contributed by atoms with Crippen LogP contribution >= 0.6 is 0 Å². The molecule has 0 aliphatic carbocycles. The molecule has 0 aromatic heterocycles. The van der Waals surface area contributed by atoms with Crippen LogP contribution in [0.15, 0.2) is 24.3 Å². The minimum atomic E-state index is -0.622. The molecule has 3 atom stereocenters. The van der Waals surface area contributed by atoms with Gasteiger partial charge in [-0.3, -0.25) is 4.79 Å². The van der Waals surface area contributed by atoms with Crippen LogP contribution in [0, 0.1) is 12.8 Å². The predicted octanol–water partition coefficient (Wildman–Crippen LogP) is 2.68. The van der Waals surface area contributed by atoms with E-state index in [2.05, 4.69) is 0 Å². The van der Waals surface area contributed by atoms with Gasteiger partial charge in [0.15, 0.2) is 0 Å². The van der Waals surface area contributed by atoms with Gasteiger partial charge in [-0.2, -0.15) is 0 Å². The van der Waals surface area contributed by atoms with Crippen LogP contribution < -0.4 is 10.5 Å². The zero-order valence-corrected chi connectivity index (χ0v) is 12.9. The Balaban J connectivity index is 2.71. The molecule has 0 bridgehead atoms. The molecular formula is C16H25NO3. The van der Waals surface area contributed by atoms with Crippen molar-refractivity contribution in [3.63, 3.8) is 0 Å². The average Bonchev–Trinajstić information content (AvgIpc) is 2.37. The lowest BCUT2D eigenvalue weighted by Gasteiger charge is -2.28. The lowest BCUT2D eigenvalue weighted by atomic mass is 10.0. The van der Waals surface area contributed by atoms with E-state index in [0.29, 0.717) is 0 Å². The van der Waals surface area contributed by atoms with E-state index in [1.165, 1.54) is 5.56 Å². The van der Waals surface area contributed by atoms with Crippen molar-refractivity contribution >= 4 is 5.97 Å². The number of rotatable bonds is 6. The fourth-order valence-electron chi connectivity index (χ4n) is 1.91. The van der Waals surface area contributed by atoms with Gasteiger partial charge in [-0.1, -0.05) is 31.5 Å². The molecule has 0 spiro atoms. The standard InChI is InChI=1S/C16H25NO3/c1-10(2)15(20-16(18)12(4)17)13(5)19-14-8-6-11(3)7-9-14/h6-10,12-13,15H,17H2,1-5H3/t12-,13-,15?/m0/s1. The molecule has 1 aromatic rings. The van der Waals surface area contributed by atoms with E-state index in [0.717, 1.165) is 5.75 Å². The van der Waals surface area contributed by atoms with Gasteiger partial charge in [0.25, 0.3) is 0 Å². The van der Waals surface area contributed by atoms with Crippen LogP contribution in [-0.2, 0) is 9.53 Å². The summed E-state index contributed by atoms with van der Waals surface area (Å²) >= 11 is 0. The largest absolute Gasteiger partial charge is 0.487 e. The zero-order chi connectivity index (χ0) is 15.3. The third-order valence-corrected chi connectivity index (χ3v) is 3.09. The van der Waals surface area contributed by atoms with Crippen LogP contribution in [0.2, 0.25) is 0 Å². The number of hydrogen-bond acceptors (Lipinski definition) is 4. The van der Waals surface area contributed by atoms with E-state index in [9.17, 15) is 4.79 Å². The van der Waals surface area contributed by atoms with E-state index in [1.54, 1.807) is 6.92 Å². The monoisotopic (exact) mass is 279 g/mol. The maximum absolute atomic E-state index is 11.7. The summed E-state index contributed by atoms with van der Waals surface area (Å²) in [6, 6.07) is 7.18. The highest BCUT2D eigenvalue weighted by molar-refractivity contribution is 5.75. The number of carbonyl (C=O) groups is 1. The molecule has 1 unspecified atom stereocenters. The second kappa shape index (κ2) is 7.29. The van der Waals surface area contributed by atoms with Crippen LogP contribution in [0.25, 0.3) is 0 Å². The normalized spacial score (nSPS) is 15.6. The quantitative estimate of drug-likeness (QED) is 0.813. The number of ether oxygens (including phenoxy) is 2. The maximum atomic E-state index is 11.7. The molecule has 0 fully saturated rings. The topological polar surface area (TPSA) is 61.5 Å². The van der Waals surface area contributed by atoms with Crippen LogP contribution in [0.5, 0.6) is 5.75 Å². The van der Waals surface area contributed by atoms with E-state index < -0.39 is 12.0 Å². The second-order valence-electron chi connectivity index (χ2n) is 5.57. The Bertz CT molecular complexity index is 426. The van der Waals surface area contributed by atoms with E-state index in [4.69, 9.17) is 15.2 Å². The van der Waals surface area contributed by atoms with Crippen LogP contribution in [0.3, 0.4) is 0 Å². The van der Waals surface area contributed by atoms with E-state index in [1.807, 2.05) is 52.0 Å². The Morgan fingerprint density at radius 3 is 2.10 bits per heavy atom. The lowest BCUT2D eigenvalue weighted by molar-refractivity contribution is -0.157. The van der Waals surface area contributed by atoms with Crippen molar-refractivity contribution in [3.05, 3.63) is 29.8 Å². The minimum absolute atomic E-state index is 0.151. The fraction of sp³-hybridized carbons (Fsp3) is 0.562. The summed E-state index contributed by atoms with van der Waals surface area (Å²) in [6.07, 6.45) is -0.560. The van der Waals surface area contributed by atoms with Gasteiger partial charge in [-0.15, -0.1) is 0 Å². The maximum Gasteiger partial charge on any atom is 0.323 e. The third kappa shape index (κ3) is 4.85. The molecule has 0 saturated heterocycles. The lowest BCUT2D eigenvalue weighted by Crippen LogP contribution is -2.41. The second-order valence-corrected chi connectivity index (χ2v) is 5.57. The fourth-order valence-corrected chi connectivity index (χ4v) is 1.91. The molecule has 0 aliphatic rings. The Morgan fingerprint density at radius 1 is 1.10 bits per heavy atom. The average molecular weight is 279 g/mol. The molecule has 1 aromatic carbocycles. The molecule has 0 aliphatic heterocycles. The molecule has 4 heteroatoms. The Kier molecular flexibility index (Phi) is 6.02. The van der Waals surface area contributed by atoms with Crippen molar-refractivity contribution in [3.8, 4) is 5.75 Å². The highest BCUT2D eigenvalue weighted by Crippen LogP contribution is 2.19. The number of benzene rings is 1. The number of esters is 1. The molecule has 0 heterocycles. The zero-order valence-electron chi connectivity index (χ0n) is 12.9. The molecule has 2 N–H and O–H groups in total. The number of hydrogen-bond donors (Lipinski definition) is 1. The van der Waals surface area contributed by atoms with E-state index in [-0.39, 0.29) is 18.1 Å². The minimum Gasteiger partial charge on any atom is -0.487 e. The van der Waals surface area contributed by atoms with Crippen LogP contribution in [-0.4, -0.2) is 24.2 Å². The molecular weight excluding hydrogens is 254 g/mol. The van der Waals surface area contributed by atoms with Gasteiger partial charge in [0.1, 0.15) is 24.0 Å². The Morgan fingerprint density at radius 2 is 1.65 bits per heavy atom. The van der Waals surface area contributed by atoms with Crippen molar-refractivity contribution < 1.29 is 14.3 Å². The highest BCUT2D eigenvalue weighted by atomic mass is 16.6. The molecule has 0 radical (unpaired) electrons. The van der Waals surface area contributed by atoms with Crippen LogP contribution in [0.4, 0.5) is 0 Å². The Labute approximate surface area is 121 Å². The predicted molar refractivity (Wildman–Crippen MR) is 79.6 cm³/mol. The molecule has 0 saturated carbocycles. The molecule has 0 amide bonds. The smallest absolute Gasteiger partial charge is 0.323 e.